The maximum atomic E-state index is 14.3. The second-order valence-electron chi connectivity index (χ2n) is 10.4. The van der Waals surface area contributed by atoms with Gasteiger partial charge in [0.25, 0.3) is 6.43 Å². The fourth-order valence-corrected chi connectivity index (χ4v) is 6.55. The molecular weight excluding hydrogens is 558 g/mol. The SMILES string of the molecule is COc1cccc2c1nc(C(F)F)n2-c1nc(N2CCOCC2)cc(N2CCC(NS(=O)(=O)CCN(C)C)CC2)n1. The average molecular weight is 595 g/mol. The van der Waals surface area contributed by atoms with E-state index >= 15 is 0 Å². The van der Waals surface area contributed by atoms with Gasteiger partial charge in [-0.1, -0.05) is 6.07 Å². The van der Waals surface area contributed by atoms with Gasteiger partial charge in [-0.2, -0.15) is 9.97 Å². The molecule has 0 radical (unpaired) electrons. The average Bonchev–Trinajstić information content (AvgIpc) is 3.37. The van der Waals surface area contributed by atoms with Gasteiger partial charge < -0.3 is 24.2 Å². The lowest BCUT2D eigenvalue weighted by Crippen LogP contribution is -2.46. The van der Waals surface area contributed by atoms with E-state index in [0.717, 1.165) is 0 Å². The Hall–Kier alpha value is -3.14. The fourth-order valence-electron chi connectivity index (χ4n) is 5.08. The predicted molar refractivity (Wildman–Crippen MR) is 152 cm³/mol. The smallest absolute Gasteiger partial charge is 0.296 e. The summed E-state index contributed by atoms with van der Waals surface area (Å²) in [5.41, 5.74) is 0.713. The minimum atomic E-state index is -3.40. The molecule has 0 spiro atoms. The van der Waals surface area contributed by atoms with Crippen LogP contribution in [0.4, 0.5) is 20.4 Å². The molecule has 2 aromatic heterocycles. The molecular formula is C26H36F2N8O4S. The number of aromatic nitrogens is 4. The summed E-state index contributed by atoms with van der Waals surface area (Å²) in [5.74, 6) is 1.21. The van der Waals surface area contributed by atoms with Crippen LogP contribution in [0.25, 0.3) is 17.0 Å². The molecule has 0 aliphatic carbocycles. The van der Waals surface area contributed by atoms with E-state index in [9.17, 15) is 17.2 Å². The van der Waals surface area contributed by atoms with Crippen molar-refractivity contribution in [3.63, 3.8) is 0 Å². The number of hydrogen-bond donors (Lipinski definition) is 1. The first kappa shape index (κ1) is 29.4. The first-order valence-electron chi connectivity index (χ1n) is 13.6. The summed E-state index contributed by atoms with van der Waals surface area (Å²) in [4.78, 5) is 19.6. The number of ether oxygens (including phenoxy) is 2. The highest BCUT2D eigenvalue weighted by Crippen LogP contribution is 2.33. The van der Waals surface area contributed by atoms with Gasteiger partial charge in [-0.3, -0.25) is 4.57 Å². The van der Waals surface area contributed by atoms with E-state index in [1.54, 1.807) is 18.2 Å². The van der Waals surface area contributed by atoms with Crippen LogP contribution in [0.15, 0.2) is 24.3 Å². The quantitative estimate of drug-likeness (QED) is 0.374. The number of imidazole rings is 1. The summed E-state index contributed by atoms with van der Waals surface area (Å²) < 4.78 is 68.6. The van der Waals surface area contributed by atoms with Crippen molar-refractivity contribution in [2.24, 2.45) is 0 Å². The number of alkyl halides is 2. The number of benzene rings is 1. The molecule has 224 valence electrons. The maximum Gasteiger partial charge on any atom is 0.296 e. The number of morpholine rings is 1. The van der Waals surface area contributed by atoms with Gasteiger partial charge in [-0.15, -0.1) is 0 Å². The fraction of sp³-hybridized carbons (Fsp3) is 0.577. The molecule has 0 saturated carbocycles. The third kappa shape index (κ3) is 6.68. The number of rotatable bonds is 10. The minimum absolute atomic E-state index is 0.0362. The van der Waals surface area contributed by atoms with Crippen LogP contribution in [0.5, 0.6) is 5.75 Å². The monoisotopic (exact) mass is 594 g/mol. The predicted octanol–water partition coefficient (Wildman–Crippen LogP) is 2.05. The summed E-state index contributed by atoms with van der Waals surface area (Å²) in [6.45, 7) is 3.79. The van der Waals surface area contributed by atoms with E-state index in [0.29, 0.717) is 87.2 Å². The van der Waals surface area contributed by atoms with Crippen molar-refractivity contribution in [2.45, 2.75) is 25.3 Å². The zero-order valence-corrected chi connectivity index (χ0v) is 24.3. The zero-order chi connectivity index (χ0) is 29.1. The van der Waals surface area contributed by atoms with E-state index in [1.807, 2.05) is 34.9 Å². The summed E-state index contributed by atoms with van der Waals surface area (Å²) in [6.07, 6.45) is -1.70. The van der Waals surface area contributed by atoms with Crippen LogP contribution in [0.3, 0.4) is 0 Å². The second-order valence-corrected chi connectivity index (χ2v) is 12.3. The maximum absolute atomic E-state index is 14.3. The number of methoxy groups -OCH3 is 1. The summed E-state index contributed by atoms with van der Waals surface area (Å²) in [7, 11) is 1.74. The first-order valence-corrected chi connectivity index (χ1v) is 15.3. The van der Waals surface area contributed by atoms with Gasteiger partial charge in [-0.25, -0.2) is 26.9 Å². The van der Waals surface area contributed by atoms with Crippen molar-refractivity contribution >= 4 is 32.7 Å². The Balaban J connectivity index is 1.47. The Kier molecular flexibility index (Phi) is 8.87. The van der Waals surface area contributed by atoms with Crippen molar-refractivity contribution in [3.05, 3.63) is 30.1 Å². The number of fused-ring (bicyclic) bond motifs is 1. The topological polar surface area (TPSA) is 118 Å². The molecule has 0 amide bonds. The second kappa shape index (κ2) is 12.4. The number of piperidine rings is 1. The van der Waals surface area contributed by atoms with Gasteiger partial charge in [0.1, 0.15) is 22.9 Å². The molecule has 3 aromatic rings. The Bertz CT molecular complexity index is 1460. The molecule has 4 heterocycles. The lowest BCUT2D eigenvalue weighted by molar-refractivity contribution is 0.122. The van der Waals surface area contributed by atoms with Gasteiger partial charge in [0, 0.05) is 44.8 Å². The van der Waals surface area contributed by atoms with E-state index in [1.165, 1.54) is 11.7 Å². The summed E-state index contributed by atoms with van der Waals surface area (Å²) in [5, 5.41) is 0. The number of anilines is 2. The first-order chi connectivity index (χ1) is 19.6. The van der Waals surface area contributed by atoms with Crippen LogP contribution in [-0.2, 0) is 14.8 Å². The normalized spacial score (nSPS) is 17.2. The molecule has 12 nitrogen and oxygen atoms in total. The van der Waals surface area contributed by atoms with Crippen molar-refractivity contribution in [1.82, 2.24) is 29.1 Å². The minimum Gasteiger partial charge on any atom is -0.494 e. The van der Waals surface area contributed by atoms with Gasteiger partial charge in [-0.05, 0) is 39.1 Å². The van der Waals surface area contributed by atoms with Gasteiger partial charge in [0.15, 0.2) is 5.82 Å². The van der Waals surface area contributed by atoms with E-state index in [-0.39, 0.29) is 17.7 Å². The van der Waals surface area contributed by atoms with Crippen LogP contribution in [-0.4, -0.2) is 112 Å². The zero-order valence-electron chi connectivity index (χ0n) is 23.5. The van der Waals surface area contributed by atoms with Crippen LogP contribution in [0.2, 0.25) is 0 Å². The third-order valence-electron chi connectivity index (χ3n) is 7.28. The molecule has 2 saturated heterocycles. The molecule has 0 atom stereocenters. The van der Waals surface area contributed by atoms with Crippen LogP contribution >= 0.6 is 0 Å². The lowest BCUT2D eigenvalue weighted by atomic mass is 10.1. The van der Waals surface area contributed by atoms with Crippen LogP contribution < -0.4 is 19.3 Å². The molecule has 2 aliphatic rings. The van der Waals surface area contributed by atoms with E-state index < -0.39 is 22.3 Å². The van der Waals surface area contributed by atoms with Crippen LogP contribution in [0.1, 0.15) is 25.1 Å². The van der Waals surface area contributed by atoms with Gasteiger partial charge in [0.2, 0.25) is 16.0 Å². The number of nitrogens with one attached hydrogen (secondary N) is 1. The molecule has 1 N–H and O–H groups in total. The number of nitrogens with zero attached hydrogens (tertiary/aromatic N) is 7. The Morgan fingerprint density at radius 1 is 1.07 bits per heavy atom. The summed E-state index contributed by atoms with van der Waals surface area (Å²) >= 11 is 0. The largest absolute Gasteiger partial charge is 0.494 e. The molecule has 5 rings (SSSR count). The molecule has 15 heteroatoms. The highest BCUT2D eigenvalue weighted by atomic mass is 32.2. The summed E-state index contributed by atoms with van der Waals surface area (Å²) in [6, 6.07) is 6.75. The highest BCUT2D eigenvalue weighted by molar-refractivity contribution is 7.89. The molecule has 2 aliphatic heterocycles. The Morgan fingerprint density at radius 2 is 1.73 bits per heavy atom. The van der Waals surface area contributed by atoms with Gasteiger partial charge >= 0.3 is 0 Å². The molecule has 0 bridgehead atoms. The molecule has 1 aromatic carbocycles. The number of sulfonamides is 1. The Labute approximate surface area is 238 Å². The third-order valence-corrected chi connectivity index (χ3v) is 8.70. The van der Waals surface area contributed by atoms with E-state index in [2.05, 4.69) is 9.71 Å². The number of hydrogen-bond acceptors (Lipinski definition) is 10. The highest BCUT2D eigenvalue weighted by Gasteiger charge is 2.28. The molecule has 0 unspecified atom stereocenters. The molecule has 2 fully saturated rings. The lowest BCUT2D eigenvalue weighted by Gasteiger charge is -2.34. The van der Waals surface area contributed by atoms with Gasteiger partial charge in [0.05, 0.1) is 31.6 Å². The molecule has 41 heavy (non-hydrogen) atoms. The van der Waals surface area contributed by atoms with Crippen molar-refractivity contribution < 1.29 is 26.7 Å². The number of halogens is 2. The van der Waals surface area contributed by atoms with Crippen molar-refractivity contribution in [3.8, 4) is 11.7 Å². The number of para-hydroxylation sites is 1. The van der Waals surface area contributed by atoms with E-state index in [4.69, 9.17) is 19.4 Å². The van der Waals surface area contributed by atoms with Crippen LogP contribution in [0, 0.1) is 0 Å². The van der Waals surface area contributed by atoms with Crippen molar-refractivity contribution in [2.75, 3.05) is 82.7 Å². The standard InChI is InChI=1S/C26H36F2N8O4S/c1-33(2)13-16-41(37,38)32-18-7-9-34(10-8-18)21-17-22(35-11-14-40-15-12-35)30-26(29-21)36-19-5-4-6-20(39-3)23(19)31-25(36)24(27)28/h4-6,17-18,24,32H,7-16H2,1-3H3. The van der Waals surface area contributed by atoms with Crippen molar-refractivity contribution in [1.29, 1.82) is 0 Å². The Morgan fingerprint density at radius 3 is 2.34 bits per heavy atom.